The summed E-state index contributed by atoms with van der Waals surface area (Å²) in [5, 5.41) is 0. The van der Waals surface area contributed by atoms with Crippen LogP contribution in [0.4, 0.5) is 0 Å². The van der Waals surface area contributed by atoms with Gasteiger partial charge in [0.05, 0.1) is 0 Å². The van der Waals surface area contributed by atoms with E-state index in [1.165, 1.54) is 32.1 Å². The van der Waals surface area contributed by atoms with Gasteiger partial charge in [0.15, 0.2) is 0 Å². The molecule has 0 N–H and O–H groups in total. The Morgan fingerprint density at radius 3 is 2.43 bits per heavy atom. The molecular formula is C14H24. The van der Waals surface area contributed by atoms with Gasteiger partial charge < -0.3 is 0 Å². The first-order valence-electron chi connectivity index (χ1n) is 6.61. The maximum Gasteiger partial charge on any atom is -0.0294 e. The molecule has 0 spiro atoms. The first-order valence-corrected chi connectivity index (χ1v) is 6.61. The van der Waals surface area contributed by atoms with Crippen LogP contribution < -0.4 is 0 Å². The van der Waals surface area contributed by atoms with Gasteiger partial charge in [-0.2, -0.15) is 0 Å². The summed E-state index contributed by atoms with van der Waals surface area (Å²) in [5.41, 5.74) is 1.55. The third-order valence-corrected chi connectivity index (χ3v) is 5.67. The predicted octanol–water partition coefficient (Wildman–Crippen LogP) is 4.39. The van der Waals surface area contributed by atoms with E-state index in [9.17, 15) is 0 Å². The van der Waals surface area contributed by atoms with E-state index in [2.05, 4.69) is 13.8 Å². The number of hydrogen-bond donors (Lipinski definition) is 0. The van der Waals surface area contributed by atoms with Crippen LogP contribution in [-0.2, 0) is 0 Å². The van der Waals surface area contributed by atoms with Gasteiger partial charge in [0.1, 0.15) is 0 Å². The normalized spacial score (nSPS) is 50.1. The molecule has 0 heterocycles. The number of hydrogen-bond acceptors (Lipinski definition) is 0. The molecule has 0 amide bonds. The van der Waals surface area contributed by atoms with E-state index in [0.717, 1.165) is 22.7 Å². The third-order valence-electron chi connectivity index (χ3n) is 5.67. The van der Waals surface area contributed by atoms with Gasteiger partial charge in [0.25, 0.3) is 0 Å². The minimum Gasteiger partial charge on any atom is -0.0596 e. The minimum absolute atomic E-state index is 0.755. The van der Waals surface area contributed by atoms with Crippen LogP contribution in [0.2, 0.25) is 0 Å². The van der Waals surface area contributed by atoms with Crippen LogP contribution in [0.15, 0.2) is 0 Å². The lowest BCUT2D eigenvalue weighted by Crippen LogP contribution is -2.38. The Labute approximate surface area is 88.5 Å². The average molecular weight is 192 g/mol. The zero-order valence-electron chi connectivity index (χ0n) is 9.81. The lowest BCUT2D eigenvalue weighted by atomic mass is 9.56. The molecule has 0 nitrogen and oxygen atoms in total. The average Bonchev–Trinajstić information content (AvgIpc) is 2.83. The molecule has 3 aliphatic carbocycles. The largest absolute Gasteiger partial charge is 0.0596 e. The van der Waals surface area contributed by atoms with Crippen molar-refractivity contribution in [3.05, 3.63) is 0 Å². The zero-order valence-corrected chi connectivity index (χ0v) is 9.81. The van der Waals surface area contributed by atoms with Crippen molar-refractivity contribution in [2.45, 2.75) is 65.2 Å². The summed E-state index contributed by atoms with van der Waals surface area (Å²) in [6.45, 7) is 5.10. The highest BCUT2D eigenvalue weighted by Gasteiger charge is 2.52. The van der Waals surface area contributed by atoms with Crippen LogP contribution in [0.1, 0.15) is 65.2 Å². The second-order valence-corrected chi connectivity index (χ2v) is 6.97. The third kappa shape index (κ3) is 1.33. The van der Waals surface area contributed by atoms with E-state index >= 15 is 0 Å². The fourth-order valence-electron chi connectivity index (χ4n) is 4.42. The highest BCUT2D eigenvalue weighted by Crippen LogP contribution is 2.62. The van der Waals surface area contributed by atoms with Gasteiger partial charge in [-0.1, -0.05) is 26.7 Å². The van der Waals surface area contributed by atoms with Crippen LogP contribution in [0.25, 0.3) is 0 Å². The molecule has 0 aromatic carbocycles. The first kappa shape index (κ1) is 9.24. The summed E-state index contributed by atoms with van der Waals surface area (Å²) < 4.78 is 0. The summed E-state index contributed by atoms with van der Waals surface area (Å²) in [6, 6.07) is 0. The van der Waals surface area contributed by atoms with E-state index in [0.29, 0.717) is 0 Å². The molecule has 0 radical (unpaired) electrons. The van der Waals surface area contributed by atoms with Crippen LogP contribution in [0, 0.1) is 22.7 Å². The summed E-state index contributed by atoms with van der Waals surface area (Å²) in [4.78, 5) is 0. The molecule has 14 heavy (non-hydrogen) atoms. The van der Waals surface area contributed by atoms with Gasteiger partial charge in [-0.05, 0) is 61.2 Å². The Hall–Kier alpha value is 0. The lowest BCUT2D eigenvalue weighted by Gasteiger charge is -2.49. The van der Waals surface area contributed by atoms with Gasteiger partial charge in [0.2, 0.25) is 0 Å². The van der Waals surface area contributed by atoms with Crippen LogP contribution in [0.5, 0.6) is 0 Å². The highest BCUT2D eigenvalue weighted by molar-refractivity contribution is 5.02. The second-order valence-electron chi connectivity index (χ2n) is 6.97. The topological polar surface area (TPSA) is 0 Å². The number of rotatable bonds is 1. The van der Waals surface area contributed by atoms with Crippen molar-refractivity contribution in [1.82, 2.24) is 0 Å². The standard InChI is InChI=1S/C14H24/c1-13-6-3-4-11(10-13)12(5-7-13)14(2)8-9-14/h11-12H,3-10H2,1-2H3. The molecule has 0 saturated heterocycles. The monoisotopic (exact) mass is 192 g/mol. The first-order chi connectivity index (χ1) is 6.61. The Bertz CT molecular complexity index is 238. The Kier molecular flexibility index (Phi) is 1.83. The van der Waals surface area contributed by atoms with Crippen LogP contribution in [0.3, 0.4) is 0 Å². The summed E-state index contributed by atoms with van der Waals surface area (Å²) in [7, 11) is 0. The van der Waals surface area contributed by atoms with Crippen molar-refractivity contribution in [3.8, 4) is 0 Å². The Morgan fingerprint density at radius 2 is 1.71 bits per heavy atom. The molecule has 0 aliphatic heterocycles. The lowest BCUT2D eigenvalue weighted by molar-refractivity contribution is 0.0187. The van der Waals surface area contributed by atoms with Crippen molar-refractivity contribution in [2.75, 3.05) is 0 Å². The van der Waals surface area contributed by atoms with E-state index in [-0.39, 0.29) is 0 Å². The molecule has 80 valence electrons. The summed E-state index contributed by atoms with van der Waals surface area (Å²) in [6.07, 6.45) is 12.3. The second kappa shape index (κ2) is 2.77. The molecular weight excluding hydrogens is 168 g/mol. The maximum atomic E-state index is 2.55. The van der Waals surface area contributed by atoms with Crippen molar-refractivity contribution < 1.29 is 0 Å². The minimum atomic E-state index is 0.755. The van der Waals surface area contributed by atoms with E-state index in [1.807, 2.05) is 0 Å². The van der Waals surface area contributed by atoms with Gasteiger partial charge in [-0.15, -0.1) is 0 Å². The van der Waals surface area contributed by atoms with Gasteiger partial charge in [0, 0.05) is 0 Å². The van der Waals surface area contributed by atoms with E-state index in [4.69, 9.17) is 0 Å². The molecule has 2 bridgehead atoms. The molecule has 0 heteroatoms. The molecule has 3 atom stereocenters. The maximum absolute atomic E-state index is 2.55. The summed E-state index contributed by atoms with van der Waals surface area (Å²) >= 11 is 0. The zero-order chi connectivity index (χ0) is 9.81. The fourth-order valence-corrected chi connectivity index (χ4v) is 4.42. The Balaban J connectivity index is 1.78. The smallest absolute Gasteiger partial charge is 0.0294 e. The van der Waals surface area contributed by atoms with Gasteiger partial charge >= 0.3 is 0 Å². The van der Waals surface area contributed by atoms with Crippen molar-refractivity contribution in [1.29, 1.82) is 0 Å². The highest BCUT2D eigenvalue weighted by atomic mass is 14.6. The van der Waals surface area contributed by atoms with E-state index in [1.54, 1.807) is 19.3 Å². The summed E-state index contributed by atoms with van der Waals surface area (Å²) in [5.74, 6) is 2.21. The van der Waals surface area contributed by atoms with Gasteiger partial charge in [-0.3, -0.25) is 0 Å². The molecule has 3 rings (SSSR count). The van der Waals surface area contributed by atoms with Crippen molar-refractivity contribution in [3.63, 3.8) is 0 Å². The van der Waals surface area contributed by atoms with Gasteiger partial charge in [-0.25, -0.2) is 0 Å². The van der Waals surface area contributed by atoms with Crippen molar-refractivity contribution in [2.24, 2.45) is 22.7 Å². The van der Waals surface area contributed by atoms with Crippen molar-refractivity contribution >= 4 is 0 Å². The van der Waals surface area contributed by atoms with Crippen LogP contribution >= 0.6 is 0 Å². The molecule has 0 aromatic rings. The van der Waals surface area contributed by atoms with E-state index < -0.39 is 0 Å². The molecule has 3 unspecified atom stereocenters. The fraction of sp³-hybridized carbons (Fsp3) is 1.00. The SMILES string of the molecule is CC12CCCC(C1)C(C1(C)CC1)CC2. The molecule has 3 aliphatic rings. The molecule has 0 aromatic heterocycles. The molecule has 3 fully saturated rings. The quantitative estimate of drug-likeness (QED) is 0.578. The molecule has 3 saturated carbocycles. The predicted molar refractivity (Wildman–Crippen MR) is 60.1 cm³/mol. The Morgan fingerprint density at radius 1 is 0.929 bits per heavy atom. The van der Waals surface area contributed by atoms with Crippen LogP contribution in [-0.4, -0.2) is 0 Å². The number of fused-ring (bicyclic) bond motifs is 2.